The van der Waals surface area contributed by atoms with Gasteiger partial charge in [0.2, 0.25) is 5.91 Å². The van der Waals surface area contributed by atoms with Crippen molar-refractivity contribution in [2.24, 2.45) is 5.41 Å². The number of carbonyl (C=O) groups is 2. The molecule has 0 spiro atoms. The van der Waals surface area contributed by atoms with Crippen molar-refractivity contribution in [3.05, 3.63) is 48.0 Å². The number of piperidine rings is 1. The summed E-state index contributed by atoms with van der Waals surface area (Å²) in [6.07, 6.45) is 6.04. The highest BCUT2D eigenvalue weighted by atomic mass is 19.1. The van der Waals surface area contributed by atoms with Gasteiger partial charge in [0.25, 0.3) is 5.91 Å². The van der Waals surface area contributed by atoms with E-state index in [1.165, 1.54) is 6.07 Å². The fourth-order valence-electron chi connectivity index (χ4n) is 5.80. The molecule has 0 unspecified atom stereocenters. The highest BCUT2D eigenvalue weighted by Gasteiger charge is 2.42. The molecule has 37 heavy (non-hydrogen) atoms. The molecule has 1 aromatic heterocycles. The lowest BCUT2D eigenvalue weighted by Gasteiger charge is -2.45. The van der Waals surface area contributed by atoms with E-state index in [0.717, 1.165) is 44.1 Å². The number of rotatable bonds is 7. The Kier molecular flexibility index (Phi) is 8.47. The van der Waals surface area contributed by atoms with E-state index in [0.29, 0.717) is 43.1 Å². The number of benzene rings is 1. The molecule has 4 rings (SSSR count). The first-order valence-electron chi connectivity index (χ1n) is 13.5. The number of nitrogens with zero attached hydrogens (tertiary/aromatic N) is 3. The molecule has 2 amide bonds. The minimum Gasteiger partial charge on any atom is -0.393 e. The van der Waals surface area contributed by atoms with Crippen molar-refractivity contribution in [2.75, 3.05) is 31.1 Å². The van der Waals surface area contributed by atoms with Gasteiger partial charge in [-0.05, 0) is 83.1 Å². The largest absolute Gasteiger partial charge is 0.393 e. The number of aliphatic hydroxyl groups is 1. The molecule has 2 aromatic rings. The molecule has 1 saturated heterocycles. The zero-order chi connectivity index (χ0) is 26.6. The maximum atomic E-state index is 15.4. The second-order valence-corrected chi connectivity index (χ2v) is 10.6. The van der Waals surface area contributed by atoms with E-state index in [4.69, 9.17) is 0 Å². The number of aliphatic hydroxyl groups excluding tert-OH is 1. The first-order chi connectivity index (χ1) is 17.8. The summed E-state index contributed by atoms with van der Waals surface area (Å²) in [4.78, 5) is 33.9. The zero-order valence-electron chi connectivity index (χ0n) is 22.2. The monoisotopic (exact) mass is 510 g/mol. The number of pyridine rings is 1. The normalized spacial score (nSPS) is 24.0. The number of amides is 2. The van der Waals surface area contributed by atoms with Crippen LogP contribution in [0.1, 0.15) is 69.8 Å². The van der Waals surface area contributed by atoms with Crippen LogP contribution in [0.15, 0.2) is 36.5 Å². The van der Waals surface area contributed by atoms with Crippen molar-refractivity contribution < 1.29 is 19.1 Å². The Hall–Kier alpha value is -3.00. The van der Waals surface area contributed by atoms with E-state index in [1.807, 2.05) is 36.6 Å². The fraction of sp³-hybridized carbons (Fsp3) is 0.552. The minimum absolute atomic E-state index is 0.136. The van der Waals surface area contributed by atoms with Crippen molar-refractivity contribution in [1.29, 1.82) is 0 Å². The van der Waals surface area contributed by atoms with Crippen LogP contribution in [0, 0.1) is 11.2 Å². The van der Waals surface area contributed by atoms with E-state index < -0.39 is 5.41 Å². The van der Waals surface area contributed by atoms with Gasteiger partial charge in [0.1, 0.15) is 11.5 Å². The Morgan fingerprint density at radius 3 is 2.51 bits per heavy atom. The lowest BCUT2D eigenvalue weighted by atomic mass is 9.79. The lowest BCUT2D eigenvalue weighted by molar-refractivity contribution is -0.145. The number of carbonyl (C=O) groups excluding carboxylic acids is 2. The Morgan fingerprint density at radius 1 is 1.16 bits per heavy atom. The highest BCUT2D eigenvalue weighted by molar-refractivity contribution is 5.92. The summed E-state index contributed by atoms with van der Waals surface area (Å²) in [6.45, 7) is 8.21. The Labute approximate surface area is 219 Å². The zero-order valence-corrected chi connectivity index (χ0v) is 22.2. The van der Waals surface area contributed by atoms with Crippen LogP contribution in [0.3, 0.4) is 0 Å². The molecule has 0 bridgehead atoms. The Bertz CT molecular complexity index is 1100. The molecular formula is C29H39FN4O3. The van der Waals surface area contributed by atoms with Crippen LogP contribution >= 0.6 is 0 Å². The number of hydrogen-bond acceptors (Lipinski definition) is 5. The van der Waals surface area contributed by atoms with Crippen molar-refractivity contribution in [2.45, 2.75) is 71.4 Å². The predicted molar refractivity (Wildman–Crippen MR) is 143 cm³/mol. The number of hydrogen-bond donors (Lipinski definition) is 2. The van der Waals surface area contributed by atoms with E-state index in [1.54, 1.807) is 24.4 Å². The predicted octanol–water partition coefficient (Wildman–Crippen LogP) is 4.40. The van der Waals surface area contributed by atoms with E-state index in [2.05, 4.69) is 10.3 Å². The summed E-state index contributed by atoms with van der Waals surface area (Å²) in [7, 11) is 0. The summed E-state index contributed by atoms with van der Waals surface area (Å²) in [5, 5.41) is 12.6. The first-order valence-corrected chi connectivity index (χ1v) is 13.5. The van der Waals surface area contributed by atoms with Gasteiger partial charge in [-0.2, -0.15) is 0 Å². The molecule has 2 fully saturated rings. The molecule has 1 atom stereocenters. The van der Waals surface area contributed by atoms with Gasteiger partial charge in [0.05, 0.1) is 17.2 Å². The fourth-order valence-corrected chi connectivity index (χ4v) is 5.80. The highest BCUT2D eigenvalue weighted by Crippen LogP contribution is 2.37. The van der Waals surface area contributed by atoms with Crippen LogP contribution in [-0.4, -0.2) is 65.1 Å². The number of halogens is 1. The molecular weight excluding hydrogens is 471 g/mol. The van der Waals surface area contributed by atoms with Crippen LogP contribution in [-0.2, 0) is 4.79 Å². The molecule has 7 nitrogen and oxygen atoms in total. The van der Waals surface area contributed by atoms with Crippen LogP contribution in [0.5, 0.6) is 0 Å². The van der Waals surface area contributed by atoms with Gasteiger partial charge in [0, 0.05) is 44.0 Å². The van der Waals surface area contributed by atoms with E-state index in [9.17, 15) is 14.7 Å². The second-order valence-electron chi connectivity index (χ2n) is 10.6. The smallest absolute Gasteiger partial charge is 0.269 e. The molecule has 2 N–H and O–H groups in total. The van der Waals surface area contributed by atoms with Crippen molar-refractivity contribution in [3.8, 4) is 11.1 Å². The summed E-state index contributed by atoms with van der Waals surface area (Å²) < 4.78 is 15.4. The van der Waals surface area contributed by atoms with Crippen molar-refractivity contribution in [3.63, 3.8) is 0 Å². The maximum Gasteiger partial charge on any atom is 0.269 e. The number of aromatic nitrogens is 1. The van der Waals surface area contributed by atoms with E-state index >= 15 is 4.39 Å². The van der Waals surface area contributed by atoms with Crippen LogP contribution in [0.4, 0.5) is 10.1 Å². The Morgan fingerprint density at radius 2 is 1.89 bits per heavy atom. The topological polar surface area (TPSA) is 85.8 Å². The van der Waals surface area contributed by atoms with Gasteiger partial charge in [-0.1, -0.05) is 12.1 Å². The number of anilines is 1. The molecule has 1 saturated carbocycles. The van der Waals surface area contributed by atoms with Crippen molar-refractivity contribution >= 4 is 17.5 Å². The third-order valence-corrected chi connectivity index (χ3v) is 7.88. The van der Waals surface area contributed by atoms with Gasteiger partial charge in [-0.25, -0.2) is 4.39 Å². The van der Waals surface area contributed by atoms with Crippen LogP contribution in [0.25, 0.3) is 11.1 Å². The summed E-state index contributed by atoms with van der Waals surface area (Å²) >= 11 is 0. The Balaban J connectivity index is 1.48. The summed E-state index contributed by atoms with van der Waals surface area (Å²) in [5.41, 5.74) is 1.65. The molecule has 2 aliphatic rings. The molecule has 8 heteroatoms. The third kappa shape index (κ3) is 5.95. The number of nitrogens with one attached hydrogen (secondary N) is 1. The lowest BCUT2D eigenvalue weighted by Crippen LogP contribution is -2.55. The van der Waals surface area contributed by atoms with Gasteiger partial charge in [0.15, 0.2) is 0 Å². The standard InChI is InChI=1S/C29H39FN4O3/c1-4-31-27(36)25-13-7-21(18-32-25)20-8-14-26(24(30)17-20)33-16-6-15-29(3,19-33)28(37)34(5-2)22-9-11-23(35)12-10-22/h7-8,13-14,17-18,22-23,35H,4-6,9-12,15-16,19H2,1-3H3,(H,31,36)/t22-,23+,29-/m1/s1. The second kappa shape index (κ2) is 11.6. The van der Waals surface area contributed by atoms with Gasteiger partial charge >= 0.3 is 0 Å². The summed E-state index contributed by atoms with van der Waals surface area (Å²) in [5.74, 6) is -0.437. The van der Waals surface area contributed by atoms with E-state index in [-0.39, 0.29) is 29.8 Å². The third-order valence-electron chi connectivity index (χ3n) is 7.88. The maximum absolute atomic E-state index is 15.4. The molecule has 0 radical (unpaired) electrons. The van der Waals surface area contributed by atoms with Crippen molar-refractivity contribution in [1.82, 2.24) is 15.2 Å². The first kappa shape index (κ1) is 27.0. The molecule has 200 valence electrons. The quantitative estimate of drug-likeness (QED) is 0.577. The van der Waals surface area contributed by atoms with Gasteiger partial charge in [-0.3, -0.25) is 14.6 Å². The molecule has 2 heterocycles. The molecule has 1 aliphatic carbocycles. The van der Waals surface area contributed by atoms with Crippen LogP contribution < -0.4 is 10.2 Å². The van der Waals surface area contributed by atoms with Gasteiger partial charge < -0.3 is 20.2 Å². The minimum atomic E-state index is -0.589. The average molecular weight is 511 g/mol. The SMILES string of the molecule is CCNC(=O)c1ccc(-c2ccc(N3CCC[C@@](C)(C(=O)N(CC)[C@H]4CC[C@@H](O)CC4)C3)c(F)c2)cn1. The van der Waals surface area contributed by atoms with Gasteiger partial charge in [-0.15, -0.1) is 0 Å². The summed E-state index contributed by atoms with van der Waals surface area (Å²) in [6, 6.07) is 8.71. The average Bonchev–Trinajstić information content (AvgIpc) is 2.90. The molecule has 1 aromatic carbocycles. The van der Waals surface area contributed by atoms with Crippen LogP contribution in [0.2, 0.25) is 0 Å². The molecule has 1 aliphatic heterocycles.